The fourth-order valence-electron chi connectivity index (χ4n) is 4.60. The van der Waals surface area contributed by atoms with Gasteiger partial charge in [-0.2, -0.15) is 0 Å². The predicted molar refractivity (Wildman–Crippen MR) is 135 cm³/mol. The van der Waals surface area contributed by atoms with E-state index >= 15 is 0 Å². The van der Waals surface area contributed by atoms with Crippen molar-refractivity contribution < 1.29 is 9.53 Å². The van der Waals surface area contributed by atoms with Crippen LogP contribution in [-0.4, -0.2) is 17.6 Å². The minimum atomic E-state index is -0.271. The lowest BCUT2D eigenvalue weighted by Crippen LogP contribution is -2.31. The van der Waals surface area contributed by atoms with Crippen LogP contribution in [0.15, 0.2) is 60.9 Å². The molecule has 0 amide bonds. The molecular weight excluding hydrogens is 408 g/mol. The molecule has 1 aromatic heterocycles. The topological polar surface area (TPSA) is 51.2 Å². The van der Waals surface area contributed by atoms with Crippen LogP contribution in [0.4, 0.5) is 5.69 Å². The second kappa shape index (κ2) is 8.66. The Labute approximate surface area is 197 Å². The Morgan fingerprint density at radius 2 is 1.79 bits per heavy atom. The number of nitrogens with one attached hydrogen (secondary N) is 1. The smallest absolute Gasteiger partial charge is 0.338 e. The molecule has 2 aromatic carbocycles. The van der Waals surface area contributed by atoms with E-state index in [0.717, 1.165) is 23.2 Å². The molecule has 0 saturated heterocycles. The molecule has 0 aliphatic carbocycles. The van der Waals surface area contributed by atoms with Crippen LogP contribution in [0.5, 0.6) is 0 Å². The standard InChI is InChI=1S/C29H34N2O2/c1-7-33-27(32)20-10-13-25-24(15-20)29(5,6)16-26(31-25)22-14-21(17-30-18-22)19-8-11-23(12-9-19)28(2,3)4/h8-15,17-18,26,31H,7,16H2,1-6H3. The molecule has 1 aliphatic heterocycles. The molecule has 33 heavy (non-hydrogen) atoms. The second-order valence-electron chi connectivity index (χ2n) is 10.6. The summed E-state index contributed by atoms with van der Waals surface area (Å²) in [7, 11) is 0. The van der Waals surface area contributed by atoms with Gasteiger partial charge in [0.05, 0.1) is 18.2 Å². The van der Waals surface area contributed by atoms with Gasteiger partial charge in [0.15, 0.2) is 0 Å². The Morgan fingerprint density at radius 3 is 2.45 bits per heavy atom. The van der Waals surface area contributed by atoms with Crippen LogP contribution < -0.4 is 5.32 Å². The van der Waals surface area contributed by atoms with Crippen LogP contribution in [0.2, 0.25) is 0 Å². The van der Waals surface area contributed by atoms with E-state index in [9.17, 15) is 4.79 Å². The minimum absolute atomic E-state index is 0.0991. The molecule has 0 saturated carbocycles. The van der Waals surface area contributed by atoms with Gasteiger partial charge in [-0.25, -0.2) is 4.79 Å². The zero-order valence-electron chi connectivity index (χ0n) is 20.5. The zero-order valence-corrected chi connectivity index (χ0v) is 20.5. The summed E-state index contributed by atoms with van der Waals surface area (Å²) < 4.78 is 5.19. The third kappa shape index (κ3) is 4.80. The number of hydrogen-bond acceptors (Lipinski definition) is 4. The molecule has 4 heteroatoms. The Kier molecular flexibility index (Phi) is 6.04. The molecular formula is C29H34N2O2. The molecule has 1 atom stereocenters. The lowest BCUT2D eigenvalue weighted by molar-refractivity contribution is 0.0526. The predicted octanol–water partition coefficient (Wildman–Crippen LogP) is 7.06. The normalized spacial score (nSPS) is 17.1. The highest BCUT2D eigenvalue weighted by Gasteiger charge is 2.34. The first kappa shape index (κ1) is 23.0. The quantitative estimate of drug-likeness (QED) is 0.440. The van der Waals surface area contributed by atoms with E-state index in [0.29, 0.717) is 12.2 Å². The summed E-state index contributed by atoms with van der Waals surface area (Å²) in [4.78, 5) is 16.8. The monoisotopic (exact) mass is 442 g/mol. The number of hydrogen-bond donors (Lipinski definition) is 1. The molecule has 0 spiro atoms. The zero-order chi connectivity index (χ0) is 23.8. The maximum absolute atomic E-state index is 12.2. The van der Waals surface area contributed by atoms with Crippen molar-refractivity contribution in [2.75, 3.05) is 11.9 Å². The van der Waals surface area contributed by atoms with Gasteiger partial charge in [-0.3, -0.25) is 4.98 Å². The van der Waals surface area contributed by atoms with Crippen molar-refractivity contribution in [1.82, 2.24) is 4.98 Å². The van der Waals surface area contributed by atoms with E-state index in [-0.39, 0.29) is 22.8 Å². The van der Waals surface area contributed by atoms with Crippen LogP contribution in [0, 0.1) is 0 Å². The number of carbonyl (C=O) groups is 1. The van der Waals surface area contributed by atoms with Gasteiger partial charge < -0.3 is 10.1 Å². The second-order valence-corrected chi connectivity index (χ2v) is 10.6. The summed E-state index contributed by atoms with van der Waals surface area (Å²) >= 11 is 0. The average molecular weight is 443 g/mol. The van der Waals surface area contributed by atoms with Gasteiger partial charge in [-0.05, 0) is 70.7 Å². The number of nitrogens with zero attached hydrogens (tertiary/aromatic N) is 1. The van der Waals surface area contributed by atoms with E-state index in [2.05, 4.69) is 75.3 Å². The number of fused-ring (bicyclic) bond motifs is 1. The van der Waals surface area contributed by atoms with Crippen LogP contribution >= 0.6 is 0 Å². The van der Waals surface area contributed by atoms with E-state index in [4.69, 9.17) is 4.74 Å². The van der Waals surface area contributed by atoms with E-state index in [1.807, 2.05) is 37.5 Å². The number of carbonyl (C=O) groups excluding carboxylic acids is 1. The molecule has 2 heterocycles. The van der Waals surface area contributed by atoms with Crippen molar-refractivity contribution in [3.8, 4) is 11.1 Å². The van der Waals surface area contributed by atoms with Crippen molar-refractivity contribution in [3.63, 3.8) is 0 Å². The first-order chi connectivity index (χ1) is 15.6. The molecule has 3 aromatic rings. The molecule has 4 nitrogen and oxygen atoms in total. The number of esters is 1. The van der Waals surface area contributed by atoms with Crippen LogP contribution in [0.25, 0.3) is 11.1 Å². The molecule has 4 rings (SSSR count). The maximum atomic E-state index is 12.2. The summed E-state index contributed by atoms with van der Waals surface area (Å²) in [6.07, 6.45) is 4.79. The lowest BCUT2D eigenvalue weighted by atomic mass is 9.73. The van der Waals surface area contributed by atoms with Gasteiger partial charge in [-0.15, -0.1) is 0 Å². The van der Waals surface area contributed by atoms with Crippen LogP contribution in [-0.2, 0) is 15.6 Å². The number of rotatable bonds is 4. The summed E-state index contributed by atoms with van der Waals surface area (Å²) in [6.45, 7) is 13.4. The van der Waals surface area contributed by atoms with E-state index in [1.54, 1.807) is 0 Å². The average Bonchev–Trinajstić information content (AvgIpc) is 2.78. The van der Waals surface area contributed by atoms with Crippen molar-refractivity contribution in [3.05, 3.63) is 83.2 Å². The number of benzene rings is 2. The minimum Gasteiger partial charge on any atom is -0.462 e. The fraction of sp³-hybridized carbons (Fsp3) is 0.379. The third-order valence-electron chi connectivity index (χ3n) is 6.55. The van der Waals surface area contributed by atoms with Crippen molar-refractivity contribution in [1.29, 1.82) is 0 Å². The first-order valence-electron chi connectivity index (χ1n) is 11.7. The van der Waals surface area contributed by atoms with Crippen LogP contribution in [0.1, 0.15) is 81.1 Å². The van der Waals surface area contributed by atoms with Gasteiger partial charge in [0.25, 0.3) is 0 Å². The van der Waals surface area contributed by atoms with E-state index in [1.165, 1.54) is 16.7 Å². The van der Waals surface area contributed by atoms with E-state index < -0.39 is 0 Å². The highest BCUT2D eigenvalue weighted by molar-refractivity contribution is 5.90. The van der Waals surface area contributed by atoms with Crippen molar-refractivity contribution in [2.45, 2.75) is 64.8 Å². The number of anilines is 1. The molecule has 0 bridgehead atoms. The molecule has 172 valence electrons. The highest BCUT2D eigenvalue weighted by Crippen LogP contribution is 2.44. The van der Waals surface area contributed by atoms with Crippen LogP contribution in [0.3, 0.4) is 0 Å². The molecule has 0 fully saturated rings. The number of aromatic nitrogens is 1. The summed E-state index contributed by atoms with van der Waals surface area (Å²) in [5.74, 6) is -0.271. The van der Waals surface area contributed by atoms with Gasteiger partial charge in [0, 0.05) is 23.6 Å². The van der Waals surface area contributed by atoms with Gasteiger partial charge >= 0.3 is 5.97 Å². The third-order valence-corrected chi connectivity index (χ3v) is 6.55. The molecule has 1 aliphatic rings. The lowest BCUT2D eigenvalue weighted by Gasteiger charge is -2.39. The Balaban J connectivity index is 1.62. The van der Waals surface area contributed by atoms with Gasteiger partial charge in [0.1, 0.15) is 0 Å². The maximum Gasteiger partial charge on any atom is 0.338 e. The summed E-state index contributed by atoms with van der Waals surface area (Å²) in [5.41, 5.74) is 7.63. The SMILES string of the molecule is CCOC(=O)c1ccc2c(c1)C(C)(C)CC(c1cncc(-c3ccc(C(C)(C)C)cc3)c1)N2. The Hall–Kier alpha value is -3.14. The van der Waals surface area contributed by atoms with Gasteiger partial charge in [0.2, 0.25) is 0 Å². The first-order valence-corrected chi connectivity index (χ1v) is 11.7. The number of ether oxygens (including phenoxy) is 1. The molecule has 0 radical (unpaired) electrons. The van der Waals surface area contributed by atoms with Gasteiger partial charge in [-0.1, -0.05) is 58.9 Å². The largest absolute Gasteiger partial charge is 0.462 e. The Morgan fingerprint density at radius 1 is 1.06 bits per heavy atom. The molecule has 1 N–H and O–H groups in total. The Bertz CT molecular complexity index is 1160. The highest BCUT2D eigenvalue weighted by atomic mass is 16.5. The summed E-state index contributed by atoms with van der Waals surface area (Å²) in [6, 6.07) is 17.0. The summed E-state index contributed by atoms with van der Waals surface area (Å²) in [5, 5.41) is 3.68. The number of pyridine rings is 1. The fourth-order valence-corrected chi connectivity index (χ4v) is 4.60. The van der Waals surface area contributed by atoms with Crippen molar-refractivity contribution >= 4 is 11.7 Å². The van der Waals surface area contributed by atoms with Crippen molar-refractivity contribution in [2.24, 2.45) is 0 Å². The molecule has 1 unspecified atom stereocenters.